The second-order valence-electron chi connectivity index (χ2n) is 6.90. The van der Waals surface area contributed by atoms with Gasteiger partial charge in [0.1, 0.15) is 11.5 Å². The highest BCUT2D eigenvalue weighted by Crippen LogP contribution is 2.61. The molecule has 1 atom stereocenters. The lowest BCUT2D eigenvalue weighted by Crippen LogP contribution is -2.35. The van der Waals surface area contributed by atoms with Gasteiger partial charge >= 0.3 is 0 Å². The zero-order chi connectivity index (χ0) is 17.0. The number of benzene rings is 2. The summed E-state index contributed by atoms with van der Waals surface area (Å²) in [5.41, 5.74) is 7.72. The number of hydrogen-bond donors (Lipinski definition) is 0. The van der Waals surface area contributed by atoms with Crippen LogP contribution < -0.4 is 4.74 Å². The second-order valence-corrected chi connectivity index (χ2v) is 6.90. The van der Waals surface area contributed by atoms with Crippen LogP contribution in [-0.2, 0) is 5.41 Å². The van der Waals surface area contributed by atoms with Gasteiger partial charge in [0.15, 0.2) is 0 Å². The van der Waals surface area contributed by atoms with Crippen molar-refractivity contribution >= 4 is 5.57 Å². The zero-order valence-electron chi connectivity index (χ0n) is 14.4. The fraction of sp³-hybridized carbons (Fsp3) is 0.167. The number of fused-ring (bicyclic) bond motifs is 6. The van der Waals surface area contributed by atoms with Gasteiger partial charge in [0.25, 0.3) is 0 Å². The van der Waals surface area contributed by atoms with E-state index >= 15 is 0 Å². The van der Waals surface area contributed by atoms with Crippen LogP contribution in [0, 0.1) is 0 Å². The first kappa shape index (κ1) is 14.5. The Morgan fingerprint density at radius 3 is 2.64 bits per heavy atom. The van der Waals surface area contributed by atoms with Gasteiger partial charge in [-0.15, -0.1) is 0 Å². The van der Waals surface area contributed by atoms with Gasteiger partial charge in [-0.05, 0) is 48.1 Å². The Balaban J connectivity index is 1.98. The third kappa shape index (κ3) is 1.68. The highest BCUT2D eigenvalue weighted by Gasteiger charge is 2.51. The summed E-state index contributed by atoms with van der Waals surface area (Å²) in [6, 6.07) is 17.3. The van der Waals surface area contributed by atoms with Crippen LogP contribution in [-0.4, -0.2) is 0 Å². The van der Waals surface area contributed by atoms with Gasteiger partial charge in [-0.1, -0.05) is 67.3 Å². The minimum absolute atomic E-state index is 0.267. The van der Waals surface area contributed by atoms with Crippen LogP contribution in [0.4, 0.5) is 0 Å². The minimum Gasteiger partial charge on any atom is -0.461 e. The van der Waals surface area contributed by atoms with E-state index in [4.69, 9.17) is 4.74 Å². The van der Waals surface area contributed by atoms with Crippen LogP contribution in [0.1, 0.15) is 36.5 Å². The Morgan fingerprint density at radius 1 is 1.04 bits per heavy atom. The van der Waals surface area contributed by atoms with E-state index in [0.29, 0.717) is 0 Å². The average Bonchev–Trinajstić information content (AvgIpc) is 2.94. The Bertz CT molecular complexity index is 1000. The first-order chi connectivity index (χ1) is 12.3. The lowest BCUT2D eigenvalue weighted by atomic mass is 9.63. The smallest absolute Gasteiger partial charge is 0.131 e. The van der Waals surface area contributed by atoms with Gasteiger partial charge in [0.05, 0.1) is 5.41 Å². The summed E-state index contributed by atoms with van der Waals surface area (Å²) in [6.45, 7) is 6.22. The lowest BCUT2D eigenvalue weighted by molar-refractivity contribution is 0.384. The molecule has 2 aromatic carbocycles. The summed E-state index contributed by atoms with van der Waals surface area (Å²) in [4.78, 5) is 0. The first-order valence-corrected chi connectivity index (χ1v) is 8.89. The lowest BCUT2D eigenvalue weighted by Gasteiger charge is -2.41. The fourth-order valence-electron chi connectivity index (χ4n) is 4.92. The molecule has 25 heavy (non-hydrogen) atoms. The maximum absolute atomic E-state index is 6.18. The largest absolute Gasteiger partial charge is 0.461 e. The standard InChI is InChI=1S/C24H20O/c1-3-19-16(2)25-23-15-9-8-14-22(23)24(19)20-12-6-4-10-17(20)18-11-5-7-13-21(18)24/h3-6,8-12,14-15H,1,7,13H2,2H3. The quantitative estimate of drug-likeness (QED) is 0.630. The van der Waals surface area contributed by atoms with Crippen molar-refractivity contribution in [3.05, 3.63) is 107 Å². The van der Waals surface area contributed by atoms with Gasteiger partial charge in [-0.2, -0.15) is 0 Å². The van der Waals surface area contributed by atoms with E-state index in [1.165, 1.54) is 33.4 Å². The topological polar surface area (TPSA) is 9.23 Å². The van der Waals surface area contributed by atoms with E-state index in [2.05, 4.69) is 74.2 Å². The predicted octanol–water partition coefficient (Wildman–Crippen LogP) is 5.94. The van der Waals surface area contributed by atoms with E-state index < -0.39 is 0 Å². The number of allylic oxidation sites excluding steroid dienone is 7. The zero-order valence-corrected chi connectivity index (χ0v) is 14.4. The molecule has 1 aliphatic heterocycles. The first-order valence-electron chi connectivity index (χ1n) is 8.89. The van der Waals surface area contributed by atoms with Crippen LogP contribution in [0.3, 0.4) is 0 Å². The van der Waals surface area contributed by atoms with Crippen LogP contribution >= 0.6 is 0 Å². The molecule has 1 heteroatoms. The molecule has 0 saturated heterocycles. The van der Waals surface area contributed by atoms with Crippen LogP contribution in [0.5, 0.6) is 5.75 Å². The summed E-state index contributed by atoms with van der Waals surface area (Å²) >= 11 is 0. The minimum atomic E-state index is -0.267. The molecule has 1 heterocycles. The molecule has 0 saturated carbocycles. The van der Waals surface area contributed by atoms with Crippen molar-refractivity contribution in [2.75, 3.05) is 0 Å². The molecule has 1 unspecified atom stereocenters. The van der Waals surface area contributed by atoms with E-state index in [9.17, 15) is 0 Å². The van der Waals surface area contributed by atoms with E-state index in [1.54, 1.807) is 0 Å². The molecule has 0 fully saturated rings. The molecule has 122 valence electrons. The molecule has 0 N–H and O–H groups in total. The van der Waals surface area contributed by atoms with Crippen molar-refractivity contribution in [2.24, 2.45) is 0 Å². The van der Waals surface area contributed by atoms with E-state index in [-0.39, 0.29) is 5.41 Å². The number of para-hydroxylation sites is 1. The summed E-state index contributed by atoms with van der Waals surface area (Å²) < 4.78 is 6.18. The van der Waals surface area contributed by atoms with Crippen molar-refractivity contribution in [2.45, 2.75) is 25.2 Å². The monoisotopic (exact) mass is 324 g/mol. The molecular formula is C24H20O. The van der Waals surface area contributed by atoms with Crippen molar-refractivity contribution < 1.29 is 4.74 Å². The summed E-state index contributed by atoms with van der Waals surface area (Å²) in [6.07, 6.45) is 8.75. The molecule has 2 aromatic rings. The molecular weight excluding hydrogens is 304 g/mol. The van der Waals surface area contributed by atoms with Crippen molar-refractivity contribution in [3.63, 3.8) is 0 Å². The summed E-state index contributed by atoms with van der Waals surface area (Å²) in [5.74, 6) is 1.91. The molecule has 0 radical (unpaired) electrons. The molecule has 0 aromatic heterocycles. The predicted molar refractivity (Wildman–Crippen MR) is 102 cm³/mol. The van der Waals surface area contributed by atoms with Crippen molar-refractivity contribution in [1.82, 2.24) is 0 Å². The number of rotatable bonds is 1. The maximum atomic E-state index is 6.18. The van der Waals surface area contributed by atoms with Crippen LogP contribution in [0.2, 0.25) is 0 Å². The van der Waals surface area contributed by atoms with Crippen molar-refractivity contribution in [1.29, 1.82) is 0 Å². The molecule has 2 aliphatic carbocycles. The van der Waals surface area contributed by atoms with Gasteiger partial charge in [0, 0.05) is 11.1 Å². The molecule has 1 spiro atoms. The third-order valence-electron chi connectivity index (χ3n) is 5.79. The Labute approximate surface area is 148 Å². The van der Waals surface area contributed by atoms with Gasteiger partial charge in [-0.25, -0.2) is 0 Å². The molecule has 1 nitrogen and oxygen atoms in total. The molecule has 3 aliphatic rings. The van der Waals surface area contributed by atoms with E-state index in [1.807, 2.05) is 6.08 Å². The number of ether oxygens (including phenoxy) is 1. The normalized spacial score (nSPS) is 23.2. The van der Waals surface area contributed by atoms with E-state index in [0.717, 1.165) is 24.4 Å². The molecule has 5 rings (SSSR count). The highest BCUT2D eigenvalue weighted by atomic mass is 16.5. The molecule has 0 amide bonds. The van der Waals surface area contributed by atoms with Crippen molar-refractivity contribution in [3.8, 4) is 5.75 Å². The Hall–Kier alpha value is -2.80. The maximum Gasteiger partial charge on any atom is 0.131 e. The third-order valence-corrected chi connectivity index (χ3v) is 5.79. The SMILES string of the molecule is C=CC1=C(C)Oc2ccccc2C12C1=C(C=CCC1)c1ccccc12. The van der Waals surface area contributed by atoms with Gasteiger partial charge < -0.3 is 4.74 Å². The summed E-state index contributed by atoms with van der Waals surface area (Å²) in [7, 11) is 0. The Morgan fingerprint density at radius 2 is 1.80 bits per heavy atom. The summed E-state index contributed by atoms with van der Waals surface area (Å²) in [5, 5.41) is 0. The average molecular weight is 324 g/mol. The van der Waals surface area contributed by atoms with Gasteiger partial charge in [-0.3, -0.25) is 0 Å². The van der Waals surface area contributed by atoms with Crippen LogP contribution in [0.25, 0.3) is 5.57 Å². The molecule has 0 bridgehead atoms. The number of hydrogen-bond acceptors (Lipinski definition) is 1. The van der Waals surface area contributed by atoms with Crippen LogP contribution in [0.15, 0.2) is 90.2 Å². The van der Waals surface area contributed by atoms with Gasteiger partial charge in [0.2, 0.25) is 0 Å². The highest BCUT2D eigenvalue weighted by molar-refractivity contribution is 5.91. The Kier molecular flexibility index (Phi) is 2.96. The fourth-order valence-corrected chi connectivity index (χ4v) is 4.92. The second kappa shape index (κ2) is 5.10.